The average Bonchev–Trinajstić information content (AvgIpc) is 2.65. The fourth-order valence-corrected chi connectivity index (χ4v) is 3.85. The van der Waals surface area contributed by atoms with Gasteiger partial charge in [-0.15, -0.1) is 24.0 Å². The van der Waals surface area contributed by atoms with Crippen LogP contribution in [0.15, 0.2) is 4.99 Å². The van der Waals surface area contributed by atoms with Crippen LogP contribution in [0, 0.1) is 11.8 Å². The molecular formula is C19H37IN4O2. The maximum Gasteiger partial charge on any atom is 0.310 e. The molecule has 2 heterocycles. The number of carbonyl (C=O) groups is 1. The van der Waals surface area contributed by atoms with Crippen LogP contribution in [0.5, 0.6) is 0 Å². The van der Waals surface area contributed by atoms with Crippen LogP contribution >= 0.6 is 24.0 Å². The monoisotopic (exact) mass is 480 g/mol. The standard InChI is InChI=1S/C19H36N4O2.HI/c1-4-20-19(21-13-16-9-7-11-22(5-2)14-16)23-12-8-10-17(15-23)18(24)25-6-3;/h16-17H,4-15H2,1-3H3,(H,20,21);1H. The van der Waals surface area contributed by atoms with Crippen molar-refractivity contribution in [3.05, 3.63) is 0 Å². The van der Waals surface area contributed by atoms with Gasteiger partial charge in [0.15, 0.2) is 5.96 Å². The minimum absolute atomic E-state index is 0. The highest BCUT2D eigenvalue weighted by Crippen LogP contribution is 2.19. The van der Waals surface area contributed by atoms with E-state index in [-0.39, 0.29) is 35.9 Å². The number of nitrogens with zero attached hydrogens (tertiary/aromatic N) is 3. The molecule has 0 radical (unpaired) electrons. The number of piperidine rings is 2. The lowest BCUT2D eigenvalue weighted by atomic mass is 9.98. The summed E-state index contributed by atoms with van der Waals surface area (Å²) in [6, 6.07) is 0. The molecule has 0 aliphatic carbocycles. The summed E-state index contributed by atoms with van der Waals surface area (Å²) in [6.45, 7) is 13.6. The van der Waals surface area contributed by atoms with Crippen molar-refractivity contribution in [1.82, 2.24) is 15.1 Å². The molecule has 1 N–H and O–H groups in total. The van der Waals surface area contributed by atoms with Gasteiger partial charge in [-0.1, -0.05) is 6.92 Å². The first-order valence-corrected chi connectivity index (χ1v) is 10.1. The van der Waals surface area contributed by atoms with Crippen molar-refractivity contribution in [2.75, 3.05) is 52.4 Å². The number of ether oxygens (including phenoxy) is 1. The number of hydrogen-bond acceptors (Lipinski definition) is 4. The average molecular weight is 480 g/mol. The van der Waals surface area contributed by atoms with Crippen molar-refractivity contribution in [3.63, 3.8) is 0 Å². The Kier molecular flexibility index (Phi) is 11.5. The summed E-state index contributed by atoms with van der Waals surface area (Å²) in [5.41, 5.74) is 0. The van der Waals surface area contributed by atoms with Crippen molar-refractivity contribution < 1.29 is 9.53 Å². The molecule has 0 spiro atoms. The maximum absolute atomic E-state index is 12.1. The van der Waals surface area contributed by atoms with E-state index in [0.717, 1.165) is 58.1 Å². The van der Waals surface area contributed by atoms with Gasteiger partial charge in [0.2, 0.25) is 0 Å². The largest absolute Gasteiger partial charge is 0.466 e. The zero-order valence-corrected chi connectivity index (χ0v) is 19.0. The Balaban J connectivity index is 0.00000338. The Morgan fingerprint density at radius 1 is 1.15 bits per heavy atom. The molecule has 2 unspecified atom stereocenters. The molecule has 0 aromatic carbocycles. The third-order valence-electron chi connectivity index (χ3n) is 5.23. The molecule has 2 fully saturated rings. The fraction of sp³-hybridized carbons (Fsp3) is 0.895. The van der Waals surface area contributed by atoms with Crippen molar-refractivity contribution in [2.45, 2.75) is 46.5 Å². The highest BCUT2D eigenvalue weighted by atomic mass is 127. The third-order valence-corrected chi connectivity index (χ3v) is 5.23. The lowest BCUT2D eigenvalue weighted by Gasteiger charge is -2.35. The molecule has 2 rings (SSSR count). The van der Waals surface area contributed by atoms with Gasteiger partial charge >= 0.3 is 5.97 Å². The Morgan fingerprint density at radius 2 is 1.92 bits per heavy atom. The van der Waals surface area contributed by atoms with E-state index in [1.54, 1.807) is 0 Å². The predicted octanol–water partition coefficient (Wildman–Crippen LogP) is 2.58. The van der Waals surface area contributed by atoms with Gasteiger partial charge in [-0.05, 0) is 58.5 Å². The van der Waals surface area contributed by atoms with E-state index in [1.807, 2.05) is 6.92 Å². The Bertz CT molecular complexity index is 447. The van der Waals surface area contributed by atoms with Crippen molar-refractivity contribution in [1.29, 1.82) is 0 Å². The summed E-state index contributed by atoms with van der Waals surface area (Å²) in [5.74, 6) is 1.52. The van der Waals surface area contributed by atoms with Gasteiger partial charge in [0.25, 0.3) is 0 Å². The van der Waals surface area contributed by atoms with E-state index in [2.05, 4.69) is 29.0 Å². The van der Waals surface area contributed by atoms with Crippen LogP contribution in [-0.4, -0.2) is 74.1 Å². The number of aliphatic imine (C=N–C) groups is 1. The SMILES string of the molecule is CCNC(=NCC1CCCN(CC)C1)N1CCCC(C(=O)OCC)C1.I. The lowest BCUT2D eigenvalue weighted by Crippen LogP contribution is -2.48. The quantitative estimate of drug-likeness (QED) is 0.274. The van der Waals surface area contributed by atoms with Crippen LogP contribution in [0.4, 0.5) is 0 Å². The molecule has 6 nitrogen and oxygen atoms in total. The molecule has 2 atom stereocenters. The molecule has 0 amide bonds. The molecule has 7 heteroatoms. The second-order valence-electron chi connectivity index (χ2n) is 7.13. The van der Waals surface area contributed by atoms with E-state index in [1.165, 1.54) is 19.4 Å². The fourth-order valence-electron chi connectivity index (χ4n) is 3.85. The summed E-state index contributed by atoms with van der Waals surface area (Å²) < 4.78 is 5.22. The number of guanidine groups is 1. The lowest BCUT2D eigenvalue weighted by molar-refractivity contribution is -0.149. The number of carbonyl (C=O) groups excluding carboxylic acids is 1. The molecule has 26 heavy (non-hydrogen) atoms. The molecule has 0 aromatic rings. The summed E-state index contributed by atoms with van der Waals surface area (Å²) in [6.07, 6.45) is 4.48. The van der Waals surface area contributed by atoms with Gasteiger partial charge in [-0.25, -0.2) is 0 Å². The molecule has 152 valence electrons. The molecule has 0 bridgehead atoms. The summed E-state index contributed by atoms with van der Waals surface area (Å²) in [5, 5.41) is 3.42. The Hall–Kier alpha value is -0.570. The first kappa shape index (κ1) is 23.5. The van der Waals surface area contributed by atoms with E-state index in [9.17, 15) is 4.79 Å². The van der Waals surface area contributed by atoms with Crippen molar-refractivity contribution in [2.24, 2.45) is 16.8 Å². The van der Waals surface area contributed by atoms with Gasteiger partial charge in [0, 0.05) is 32.7 Å². The van der Waals surface area contributed by atoms with Crippen LogP contribution in [-0.2, 0) is 9.53 Å². The van der Waals surface area contributed by atoms with Crippen LogP contribution in [0.25, 0.3) is 0 Å². The first-order chi connectivity index (χ1) is 12.2. The number of esters is 1. The zero-order valence-electron chi connectivity index (χ0n) is 16.7. The van der Waals surface area contributed by atoms with Crippen LogP contribution in [0.1, 0.15) is 46.5 Å². The topological polar surface area (TPSA) is 57.2 Å². The molecular weight excluding hydrogens is 443 g/mol. The number of hydrogen-bond donors (Lipinski definition) is 1. The smallest absolute Gasteiger partial charge is 0.310 e. The minimum Gasteiger partial charge on any atom is -0.466 e. The van der Waals surface area contributed by atoms with Crippen LogP contribution in [0.2, 0.25) is 0 Å². The van der Waals surface area contributed by atoms with Gasteiger partial charge in [0.05, 0.1) is 12.5 Å². The second-order valence-corrected chi connectivity index (χ2v) is 7.13. The van der Waals surface area contributed by atoms with E-state index < -0.39 is 0 Å². The first-order valence-electron chi connectivity index (χ1n) is 10.1. The molecule has 0 aromatic heterocycles. The van der Waals surface area contributed by atoms with Gasteiger partial charge in [0.1, 0.15) is 0 Å². The molecule has 0 saturated carbocycles. The number of nitrogens with one attached hydrogen (secondary N) is 1. The Morgan fingerprint density at radius 3 is 2.62 bits per heavy atom. The summed E-state index contributed by atoms with van der Waals surface area (Å²) in [7, 11) is 0. The molecule has 2 saturated heterocycles. The van der Waals surface area contributed by atoms with Crippen LogP contribution in [0.3, 0.4) is 0 Å². The summed E-state index contributed by atoms with van der Waals surface area (Å²) in [4.78, 5) is 21.8. The third kappa shape index (κ3) is 7.21. The van der Waals surface area contributed by atoms with Gasteiger partial charge in [-0.3, -0.25) is 9.79 Å². The Labute approximate surface area is 176 Å². The predicted molar refractivity (Wildman–Crippen MR) is 117 cm³/mol. The minimum atomic E-state index is -0.0612. The maximum atomic E-state index is 12.1. The van der Waals surface area contributed by atoms with E-state index in [4.69, 9.17) is 9.73 Å². The van der Waals surface area contributed by atoms with Gasteiger partial charge < -0.3 is 19.9 Å². The van der Waals surface area contributed by atoms with Crippen molar-refractivity contribution >= 4 is 35.9 Å². The summed E-state index contributed by atoms with van der Waals surface area (Å²) >= 11 is 0. The molecule has 2 aliphatic rings. The number of halogens is 1. The molecule has 2 aliphatic heterocycles. The highest BCUT2D eigenvalue weighted by Gasteiger charge is 2.28. The van der Waals surface area contributed by atoms with Crippen LogP contribution < -0.4 is 5.32 Å². The number of rotatable bonds is 6. The second kappa shape index (κ2) is 12.8. The van der Waals surface area contributed by atoms with Gasteiger partial charge in [-0.2, -0.15) is 0 Å². The number of likely N-dealkylation sites (tertiary alicyclic amines) is 2. The zero-order chi connectivity index (χ0) is 18.1. The van der Waals surface area contributed by atoms with E-state index >= 15 is 0 Å². The highest BCUT2D eigenvalue weighted by molar-refractivity contribution is 14.0. The van der Waals surface area contributed by atoms with Crippen molar-refractivity contribution in [3.8, 4) is 0 Å². The normalized spacial score (nSPS) is 24.7. The van der Waals surface area contributed by atoms with E-state index in [0.29, 0.717) is 12.5 Å².